The summed E-state index contributed by atoms with van der Waals surface area (Å²) in [5, 5.41) is 12.3. The summed E-state index contributed by atoms with van der Waals surface area (Å²) < 4.78 is 37.1. The summed E-state index contributed by atoms with van der Waals surface area (Å²) in [5.41, 5.74) is 0.972. The predicted molar refractivity (Wildman–Crippen MR) is 64.6 cm³/mol. The summed E-state index contributed by atoms with van der Waals surface area (Å²) >= 11 is 0.563. The lowest BCUT2D eigenvalue weighted by molar-refractivity contribution is -0.137. The number of nitrogens with zero attached hydrogens (tertiary/aromatic N) is 2. The van der Waals surface area contributed by atoms with Crippen LogP contribution in [0.25, 0.3) is 0 Å². The molecule has 0 bridgehead atoms. The Morgan fingerprint density at radius 1 is 1.37 bits per heavy atom. The van der Waals surface area contributed by atoms with Crippen molar-refractivity contribution >= 4 is 17.2 Å². The number of hydrogen-bond acceptors (Lipinski definition) is 5. The number of halogens is 3. The number of anilines is 1. The van der Waals surface area contributed by atoms with Crippen LogP contribution < -0.4 is 5.32 Å². The minimum absolute atomic E-state index is 0.119. The van der Waals surface area contributed by atoms with E-state index in [1.165, 1.54) is 11.6 Å². The molecule has 2 aromatic rings. The van der Waals surface area contributed by atoms with Crippen molar-refractivity contribution in [3.8, 4) is 0 Å². The number of alkyl halides is 3. The van der Waals surface area contributed by atoms with Gasteiger partial charge >= 0.3 is 6.18 Å². The minimum atomic E-state index is -4.40. The van der Waals surface area contributed by atoms with Crippen LogP contribution in [0.4, 0.5) is 19.0 Å². The van der Waals surface area contributed by atoms with Crippen molar-refractivity contribution in [2.24, 2.45) is 0 Å². The Morgan fingerprint density at radius 3 is 2.79 bits per heavy atom. The fourth-order valence-electron chi connectivity index (χ4n) is 1.37. The molecule has 2 rings (SSSR count). The van der Waals surface area contributed by atoms with E-state index in [4.69, 9.17) is 5.11 Å². The maximum Gasteiger partial charge on any atom is 0.443 e. The number of aliphatic hydroxyl groups excluding tert-OH is 1. The van der Waals surface area contributed by atoms with Gasteiger partial charge in [-0.2, -0.15) is 13.2 Å². The highest BCUT2D eigenvalue weighted by Crippen LogP contribution is 2.31. The smallest absolute Gasteiger partial charge is 0.392 e. The van der Waals surface area contributed by atoms with Crippen molar-refractivity contribution in [2.45, 2.75) is 19.3 Å². The monoisotopic (exact) mass is 289 g/mol. The standard InChI is InChI=1S/C11H10F3N3OS/c12-11(13,14)10-17-8(6-19-10)4-16-9-3-7(5-18)1-2-15-9/h1-3,6,18H,4-5H2,(H,15,16). The minimum Gasteiger partial charge on any atom is -0.392 e. The van der Waals surface area contributed by atoms with Gasteiger partial charge in [-0.25, -0.2) is 9.97 Å². The zero-order valence-electron chi connectivity index (χ0n) is 9.61. The molecule has 0 spiro atoms. The van der Waals surface area contributed by atoms with Gasteiger partial charge in [-0.05, 0) is 17.7 Å². The molecule has 2 aromatic heterocycles. The Morgan fingerprint density at radius 2 is 2.16 bits per heavy atom. The molecule has 102 valence electrons. The van der Waals surface area contributed by atoms with Gasteiger partial charge < -0.3 is 10.4 Å². The highest BCUT2D eigenvalue weighted by Gasteiger charge is 2.34. The van der Waals surface area contributed by atoms with Gasteiger partial charge in [0.05, 0.1) is 18.8 Å². The molecule has 0 aliphatic heterocycles. The van der Waals surface area contributed by atoms with Crippen LogP contribution in [0.3, 0.4) is 0 Å². The van der Waals surface area contributed by atoms with Crippen molar-refractivity contribution < 1.29 is 18.3 Å². The second-order valence-electron chi connectivity index (χ2n) is 3.70. The van der Waals surface area contributed by atoms with E-state index in [9.17, 15) is 13.2 Å². The van der Waals surface area contributed by atoms with Crippen LogP contribution in [0.5, 0.6) is 0 Å². The van der Waals surface area contributed by atoms with Crippen molar-refractivity contribution in [1.29, 1.82) is 0 Å². The quantitative estimate of drug-likeness (QED) is 0.908. The number of nitrogens with one attached hydrogen (secondary N) is 1. The Bertz CT molecular complexity index is 556. The zero-order chi connectivity index (χ0) is 13.9. The zero-order valence-corrected chi connectivity index (χ0v) is 10.4. The molecule has 4 nitrogen and oxygen atoms in total. The van der Waals surface area contributed by atoms with Crippen LogP contribution in [-0.2, 0) is 19.3 Å². The number of aromatic nitrogens is 2. The van der Waals surface area contributed by atoms with E-state index < -0.39 is 11.2 Å². The van der Waals surface area contributed by atoms with Gasteiger partial charge in [-0.3, -0.25) is 0 Å². The summed E-state index contributed by atoms with van der Waals surface area (Å²) in [6, 6.07) is 3.27. The third kappa shape index (κ3) is 3.65. The molecule has 0 fully saturated rings. The van der Waals surface area contributed by atoms with Crippen molar-refractivity contribution in [2.75, 3.05) is 5.32 Å². The first-order valence-electron chi connectivity index (χ1n) is 5.30. The first-order chi connectivity index (χ1) is 8.99. The summed E-state index contributed by atoms with van der Waals surface area (Å²) in [6.07, 6.45) is -2.89. The lowest BCUT2D eigenvalue weighted by Crippen LogP contribution is -2.06. The summed E-state index contributed by atoms with van der Waals surface area (Å²) in [4.78, 5) is 7.48. The number of rotatable bonds is 4. The van der Waals surface area contributed by atoms with E-state index in [0.717, 1.165) is 0 Å². The first kappa shape index (κ1) is 13.8. The number of thiazole rings is 1. The van der Waals surface area contributed by atoms with Gasteiger partial charge in [0.1, 0.15) is 5.82 Å². The molecule has 0 unspecified atom stereocenters. The van der Waals surface area contributed by atoms with Crippen molar-refractivity contribution in [3.05, 3.63) is 40.0 Å². The van der Waals surface area contributed by atoms with Gasteiger partial charge in [0.2, 0.25) is 0 Å². The summed E-state index contributed by atoms with van der Waals surface area (Å²) in [6.45, 7) is 0.0284. The molecule has 0 atom stereocenters. The summed E-state index contributed by atoms with van der Waals surface area (Å²) in [7, 11) is 0. The van der Waals surface area contributed by atoms with E-state index in [1.807, 2.05) is 0 Å². The predicted octanol–water partition coefficient (Wildman–Crippen LogP) is 2.66. The van der Waals surface area contributed by atoms with Gasteiger partial charge in [0, 0.05) is 11.6 Å². The maximum atomic E-state index is 12.4. The molecule has 19 heavy (non-hydrogen) atoms. The highest BCUT2D eigenvalue weighted by molar-refractivity contribution is 7.09. The lowest BCUT2D eigenvalue weighted by atomic mass is 10.3. The van der Waals surface area contributed by atoms with Crippen molar-refractivity contribution in [3.63, 3.8) is 0 Å². The molecule has 2 N–H and O–H groups in total. The molecular weight excluding hydrogens is 279 g/mol. The third-order valence-electron chi connectivity index (χ3n) is 2.25. The number of hydrogen-bond donors (Lipinski definition) is 2. The molecule has 0 aliphatic carbocycles. The largest absolute Gasteiger partial charge is 0.443 e. The second kappa shape index (κ2) is 5.54. The molecule has 0 amide bonds. The first-order valence-corrected chi connectivity index (χ1v) is 6.18. The molecule has 0 radical (unpaired) electrons. The van der Waals surface area contributed by atoms with Gasteiger partial charge in [0.25, 0.3) is 0 Å². The van der Waals surface area contributed by atoms with Gasteiger partial charge in [-0.15, -0.1) is 11.3 Å². The molecule has 0 aliphatic rings. The average Bonchev–Trinajstić information content (AvgIpc) is 2.85. The van der Waals surface area contributed by atoms with E-state index in [1.54, 1.807) is 12.1 Å². The second-order valence-corrected chi connectivity index (χ2v) is 4.56. The Kier molecular flexibility index (Phi) is 4.01. The Labute approximate surface area is 111 Å². The van der Waals surface area contributed by atoms with Crippen LogP contribution >= 0.6 is 11.3 Å². The van der Waals surface area contributed by atoms with Crippen LogP contribution in [-0.4, -0.2) is 15.1 Å². The molecule has 2 heterocycles. The maximum absolute atomic E-state index is 12.4. The van der Waals surface area contributed by atoms with Gasteiger partial charge in [-0.1, -0.05) is 0 Å². The molecule has 0 aromatic carbocycles. The van der Waals surface area contributed by atoms with E-state index in [-0.39, 0.29) is 13.2 Å². The van der Waals surface area contributed by atoms with E-state index in [0.29, 0.717) is 28.4 Å². The Balaban J connectivity index is 2.00. The SMILES string of the molecule is OCc1ccnc(NCc2csc(C(F)(F)F)n2)c1. The van der Waals surface area contributed by atoms with E-state index >= 15 is 0 Å². The van der Waals surface area contributed by atoms with Crippen molar-refractivity contribution in [1.82, 2.24) is 9.97 Å². The van der Waals surface area contributed by atoms with E-state index in [2.05, 4.69) is 15.3 Å². The topological polar surface area (TPSA) is 58.0 Å². The van der Waals surface area contributed by atoms with Crippen LogP contribution in [0.2, 0.25) is 0 Å². The fraction of sp³-hybridized carbons (Fsp3) is 0.273. The Hall–Kier alpha value is -1.67. The molecule has 0 saturated carbocycles. The molecule has 8 heteroatoms. The van der Waals surface area contributed by atoms with Crippen LogP contribution in [0.15, 0.2) is 23.7 Å². The molecular formula is C11H10F3N3OS. The van der Waals surface area contributed by atoms with Crippen LogP contribution in [0.1, 0.15) is 16.3 Å². The average molecular weight is 289 g/mol. The number of pyridine rings is 1. The normalized spacial score (nSPS) is 11.6. The lowest BCUT2D eigenvalue weighted by Gasteiger charge is -2.04. The van der Waals surface area contributed by atoms with Crippen LogP contribution in [0, 0.1) is 0 Å². The highest BCUT2D eigenvalue weighted by atomic mass is 32.1. The van der Waals surface area contributed by atoms with Gasteiger partial charge in [0.15, 0.2) is 5.01 Å². The summed E-state index contributed by atoms with van der Waals surface area (Å²) in [5.74, 6) is 0.480. The third-order valence-corrected chi connectivity index (χ3v) is 3.19. The molecule has 0 saturated heterocycles. The fourth-order valence-corrected chi connectivity index (χ4v) is 2.06. The number of aliphatic hydroxyl groups is 1.